The molecule has 0 saturated heterocycles. The molecule has 1 aromatic rings. The molecule has 0 spiro atoms. The van der Waals surface area contributed by atoms with Gasteiger partial charge in [-0.05, 0) is 32.3 Å². The lowest BCUT2D eigenvalue weighted by Gasteiger charge is -2.04. The first-order valence-corrected chi connectivity index (χ1v) is 5.07. The Morgan fingerprint density at radius 3 is 2.93 bits per heavy atom. The van der Waals surface area contributed by atoms with Crippen LogP contribution in [-0.4, -0.2) is 20.5 Å². The highest BCUT2D eigenvalue weighted by Crippen LogP contribution is 1.99. The molecule has 0 saturated carbocycles. The summed E-state index contributed by atoms with van der Waals surface area (Å²) in [4.78, 5) is 0. The SMILES string of the molecule is CCOCCBc1cc(F)ccc1C. The Labute approximate surface area is 85.5 Å². The van der Waals surface area contributed by atoms with E-state index in [4.69, 9.17) is 4.74 Å². The molecule has 0 radical (unpaired) electrons. The van der Waals surface area contributed by atoms with Crippen LogP contribution < -0.4 is 5.46 Å². The molecule has 0 N–H and O–H groups in total. The lowest BCUT2D eigenvalue weighted by atomic mass is 9.66. The van der Waals surface area contributed by atoms with Gasteiger partial charge in [-0.1, -0.05) is 17.1 Å². The molecule has 1 nitrogen and oxygen atoms in total. The maximum absolute atomic E-state index is 12.9. The van der Waals surface area contributed by atoms with Crippen molar-refractivity contribution in [2.24, 2.45) is 0 Å². The number of rotatable bonds is 5. The Hall–Kier alpha value is -0.825. The van der Waals surface area contributed by atoms with Crippen molar-refractivity contribution in [1.29, 1.82) is 0 Å². The predicted octanol–water partition coefficient (Wildman–Crippen LogP) is 1.65. The smallest absolute Gasteiger partial charge is 0.160 e. The highest BCUT2D eigenvalue weighted by molar-refractivity contribution is 6.54. The summed E-state index contributed by atoms with van der Waals surface area (Å²) < 4.78 is 18.1. The second-order valence-electron chi connectivity index (χ2n) is 3.37. The molecule has 0 bridgehead atoms. The van der Waals surface area contributed by atoms with E-state index in [1.165, 1.54) is 6.07 Å². The van der Waals surface area contributed by atoms with Crippen LogP contribution in [-0.2, 0) is 4.74 Å². The van der Waals surface area contributed by atoms with Gasteiger partial charge in [0.2, 0.25) is 0 Å². The first-order chi connectivity index (χ1) is 6.74. The van der Waals surface area contributed by atoms with Crippen LogP contribution in [0.4, 0.5) is 4.39 Å². The first kappa shape index (κ1) is 11.3. The Morgan fingerprint density at radius 2 is 2.21 bits per heavy atom. The fourth-order valence-electron chi connectivity index (χ4n) is 1.42. The van der Waals surface area contributed by atoms with Gasteiger partial charge in [-0.15, -0.1) is 0 Å². The normalized spacial score (nSPS) is 10.2. The molecule has 3 heteroatoms. The van der Waals surface area contributed by atoms with Crippen LogP contribution in [0.5, 0.6) is 0 Å². The minimum atomic E-state index is -0.151. The molecular weight excluding hydrogens is 178 g/mol. The molecule has 0 amide bonds. The summed E-state index contributed by atoms with van der Waals surface area (Å²) in [5.41, 5.74) is 2.24. The van der Waals surface area contributed by atoms with E-state index in [2.05, 4.69) is 0 Å². The van der Waals surface area contributed by atoms with Crippen LogP contribution in [0.15, 0.2) is 18.2 Å². The van der Waals surface area contributed by atoms with E-state index in [1.54, 1.807) is 6.07 Å². The third-order valence-electron chi connectivity index (χ3n) is 2.25. The Morgan fingerprint density at radius 1 is 1.43 bits per heavy atom. The summed E-state index contributed by atoms with van der Waals surface area (Å²) in [5, 5.41) is 0. The summed E-state index contributed by atoms with van der Waals surface area (Å²) in [6.45, 7) is 5.50. The zero-order chi connectivity index (χ0) is 10.4. The summed E-state index contributed by atoms with van der Waals surface area (Å²) >= 11 is 0. The van der Waals surface area contributed by atoms with Gasteiger partial charge >= 0.3 is 0 Å². The van der Waals surface area contributed by atoms with Crippen molar-refractivity contribution in [3.8, 4) is 0 Å². The number of ether oxygens (including phenoxy) is 1. The molecule has 0 fully saturated rings. The number of hydrogen-bond acceptors (Lipinski definition) is 1. The summed E-state index contributed by atoms with van der Waals surface area (Å²) in [7, 11) is 0.892. The molecule has 0 atom stereocenters. The van der Waals surface area contributed by atoms with E-state index in [1.807, 2.05) is 19.9 Å². The van der Waals surface area contributed by atoms with Gasteiger partial charge in [-0.2, -0.15) is 0 Å². The van der Waals surface area contributed by atoms with Crippen molar-refractivity contribution in [2.75, 3.05) is 13.2 Å². The van der Waals surface area contributed by atoms with E-state index in [0.29, 0.717) is 0 Å². The monoisotopic (exact) mass is 194 g/mol. The first-order valence-electron chi connectivity index (χ1n) is 5.07. The Bertz CT molecular complexity index is 289. The summed E-state index contributed by atoms with van der Waals surface area (Å²) in [6.07, 6.45) is 0.956. The van der Waals surface area contributed by atoms with Crippen molar-refractivity contribution in [3.05, 3.63) is 29.6 Å². The van der Waals surface area contributed by atoms with Gasteiger partial charge in [0.05, 0.1) is 0 Å². The van der Waals surface area contributed by atoms with Crippen LogP contribution in [0.25, 0.3) is 0 Å². The average Bonchev–Trinajstić information content (AvgIpc) is 2.18. The largest absolute Gasteiger partial charge is 0.382 e. The fourth-order valence-corrected chi connectivity index (χ4v) is 1.42. The molecule has 76 valence electrons. The summed E-state index contributed by atoms with van der Waals surface area (Å²) in [6, 6.07) is 4.94. The Balaban J connectivity index is 2.45. The number of aryl methyl sites for hydroxylation is 1. The van der Waals surface area contributed by atoms with Crippen LogP contribution in [0.3, 0.4) is 0 Å². The highest BCUT2D eigenvalue weighted by atomic mass is 19.1. The molecule has 0 aromatic heterocycles. The number of halogens is 1. The number of benzene rings is 1. The molecule has 0 unspecified atom stereocenters. The van der Waals surface area contributed by atoms with Crippen molar-refractivity contribution >= 4 is 12.7 Å². The van der Waals surface area contributed by atoms with E-state index < -0.39 is 0 Å². The van der Waals surface area contributed by atoms with Crippen molar-refractivity contribution < 1.29 is 9.13 Å². The van der Waals surface area contributed by atoms with E-state index in [0.717, 1.165) is 37.8 Å². The maximum atomic E-state index is 12.9. The second kappa shape index (κ2) is 5.81. The predicted molar refractivity (Wildman–Crippen MR) is 59.2 cm³/mol. The summed E-state index contributed by atoms with van der Waals surface area (Å²) in [5.74, 6) is -0.151. The van der Waals surface area contributed by atoms with Crippen LogP contribution in [0.2, 0.25) is 6.32 Å². The lowest BCUT2D eigenvalue weighted by Crippen LogP contribution is -2.19. The zero-order valence-corrected chi connectivity index (χ0v) is 8.85. The minimum Gasteiger partial charge on any atom is -0.382 e. The van der Waals surface area contributed by atoms with Crippen LogP contribution >= 0.6 is 0 Å². The highest BCUT2D eigenvalue weighted by Gasteiger charge is 2.01. The quantitative estimate of drug-likeness (QED) is 0.511. The van der Waals surface area contributed by atoms with Gasteiger partial charge in [0, 0.05) is 13.2 Å². The second-order valence-corrected chi connectivity index (χ2v) is 3.37. The van der Waals surface area contributed by atoms with Crippen LogP contribution in [0, 0.1) is 12.7 Å². The van der Waals surface area contributed by atoms with Crippen molar-refractivity contribution in [1.82, 2.24) is 0 Å². The van der Waals surface area contributed by atoms with Gasteiger partial charge in [0.25, 0.3) is 0 Å². The Kier molecular flexibility index (Phi) is 4.67. The molecule has 0 aliphatic heterocycles. The van der Waals surface area contributed by atoms with Crippen molar-refractivity contribution in [2.45, 2.75) is 20.2 Å². The van der Waals surface area contributed by atoms with Gasteiger partial charge in [-0.25, -0.2) is 4.39 Å². The van der Waals surface area contributed by atoms with Gasteiger partial charge in [0.15, 0.2) is 7.28 Å². The molecule has 0 aliphatic rings. The number of hydrogen-bond donors (Lipinski definition) is 0. The molecule has 0 aliphatic carbocycles. The molecule has 0 heterocycles. The average molecular weight is 194 g/mol. The minimum absolute atomic E-state index is 0.151. The molecule has 1 aromatic carbocycles. The molecule has 14 heavy (non-hydrogen) atoms. The van der Waals surface area contributed by atoms with Gasteiger partial charge < -0.3 is 4.74 Å². The lowest BCUT2D eigenvalue weighted by molar-refractivity contribution is 0.162. The standard InChI is InChI=1S/C11H16BFO/c1-3-14-7-6-12-11-8-10(13)5-4-9(11)2/h4-5,8,12H,3,6-7H2,1-2H3. The zero-order valence-electron chi connectivity index (χ0n) is 8.85. The topological polar surface area (TPSA) is 9.23 Å². The maximum Gasteiger partial charge on any atom is 0.160 e. The fraction of sp³-hybridized carbons (Fsp3) is 0.455. The van der Waals surface area contributed by atoms with Crippen LogP contribution in [0.1, 0.15) is 12.5 Å². The van der Waals surface area contributed by atoms with E-state index in [9.17, 15) is 4.39 Å². The van der Waals surface area contributed by atoms with Gasteiger partial charge in [-0.3, -0.25) is 0 Å². The van der Waals surface area contributed by atoms with E-state index in [-0.39, 0.29) is 5.82 Å². The van der Waals surface area contributed by atoms with Crippen molar-refractivity contribution in [3.63, 3.8) is 0 Å². The van der Waals surface area contributed by atoms with Gasteiger partial charge in [0.1, 0.15) is 5.82 Å². The molecular formula is C11H16BFO. The third-order valence-corrected chi connectivity index (χ3v) is 2.25. The third kappa shape index (κ3) is 3.50. The molecule has 1 rings (SSSR count). The van der Waals surface area contributed by atoms with E-state index >= 15 is 0 Å².